The molecule has 0 fully saturated rings. The molecule has 3 aromatic rings. The van der Waals surface area contributed by atoms with Crippen LogP contribution in [0.2, 0.25) is 15.1 Å². The van der Waals surface area contributed by atoms with Gasteiger partial charge in [-0.15, -0.1) is 10.2 Å². The van der Waals surface area contributed by atoms with Gasteiger partial charge < -0.3 is 9.67 Å². The first-order chi connectivity index (χ1) is 12.9. The zero-order chi connectivity index (χ0) is 19.3. The summed E-state index contributed by atoms with van der Waals surface area (Å²) < 4.78 is 31.2. The van der Waals surface area contributed by atoms with E-state index in [1.54, 1.807) is 10.8 Å². The van der Waals surface area contributed by atoms with Crippen LogP contribution >= 0.6 is 34.8 Å². The van der Waals surface area contributed by atoms with Crippen molar-refractivity contribution in [2.45, 2.75) is 6.54 Å². The molecule has 0 atom stereocenters. The molecule has 27 heavy (non-hydrogen) atoms. The summed E-state index contributed by atoms with van der Waals surface area (Å²) in [6, 6.07) is 3.58. The first-order valence-electron chi connectivity index (χ1n) is 7.67. The average Bonchev–Trinajstić information content (AvgIpc) is 3.06. The highest BCUT2D eigenvalue weighted by atomic mass is 35.5. The van der Waals surface area contributed by atoms with E-state index in [9.17, 15) is 13.9 Å². The second-order valence-electron chi connectivity index (χ2n) is 5.76. The number of aliphatic imine (C=N–C) groups is 1. The number of aromatic nitrogens is 3. The van der Waals surface area contributed by atoms with Crippen molar-refractivity contribution in [3.05, 3.63) is 50.7 Å². The lowest BCUT2D eigenvalue weighted by Crippen LogP contribution is -2.12. The number of aromatic hydroxyl groups is 1. The van der Waals surface area contributed by atoms with E-state index in [-0.39, 0.29) is 20.6 Å². The Bertz CT molecular complexity index is 1060. The number of fused-ring (bicyclic) bond motifs is 1. The fraction of sp³-hybridized carbons (Fsp3) is 0.118. The van der Waals surface area contributed by atoms with E-state index in [0.717, 1.165) is 12.1 Å². The van der Waals surface area contributed by atoms with Crippen LogP contribution in [0.4, 0.5) is 8.78 Å². The monoisotopic (exact) mass is 428 g/mol. The Hall–Kier alpha value is -2.22. The molecule has 10 heteroatoms. The molecule has 0 saturated carbocycles. The number of rotatable bonds is 2. The molecule has 1 aliphatic rings. The van der Waals surface area contributed by atoms with E-state index in [1.807, 2.05) is 0 Å². The molecule has 2 aromatic carbocycles. The standard InChI is InChI=1S/C17H9Cl3F2N4O/c18-8-3-7(17-25-24-12-6-23-1-2-26(12)17)4-11(21)13(8)14-15(22)9(19)5-10(20)16(14)27/h3-6,27H,1-2H2. The molecule has 1 aromatic heterocycles. The predicted molar refractivity (Wildman–Crippen MR) is 100.0 cm³/mol. The zero-order valence-electron chi connectivity index (χ0n) is 13.3. The molecular weight excluding hydrogens is 421 g/mol. The van der Waals surface area contributed by atoms with Crippen LogP contribution < -0.4 is 0 Å². The van der Waals surface area contributed by atoms with Gasteiger partial charge in [0.05, 0.1) is 33.4 Å². The second-order valence-corrected chi connectivity index (χ2v) is 6.98. The van der Waals surface area contributed by atoms with E-state index in [2.05, 4.69) is 15.2 Å². The van der Waals surface area contributed by atoms with Crippen molar-refractivity contribution < 1.29 is 13.9 Å². The SMILES string of the molecule is Oc1c(Cl)cc(Cl)c(F)c1-c1c(F)cc(-c2nnc3n2CCN=C3)cc1Cl. The van der Waals surface area contributed by atoms with Gasteiger partial charge in [0.25, 0.3) is 0 Å². The highest BCUT2D eigenvalue weighted by molar-refractivity contribution is 6.37. The smallest absolute Gasteiger partial charge is 0.175 e. The maximum atomic E-state index is 14.9. The lowest BCUT2D eigenvalue weighted by molar-refractivity contribution is 0.471. The minimum absolute atomic E-state index is 0.139. The molecule has 138 valence electrons. The minimum Gasteiger partial charge on any atom is -0.506 e. The van der Waals surface area contributed by atoms with E-state index < -0.39 is 22.9 Å². The summed E-state index contributed by atoms with van der Waals surface area (Å²) in [5.41, 5.74) is -0.500. The second kappa shape index (κ2) is 6.74. The molecule has 0 saturated heterocycles. The van der Waals surface area contributed by atoms with Gasteiger partial charge in [0.2, 0.25) is 0 Å². The van der Waals surface area contributed by atoms with Crippen LogP contribution in [0, 0.1) is 11.6 Å². The normalized spacial score (nSPS) is 13.1. The summed E-state index contributed by atoms with van der Waals surface area (Å²) in [6.07, 6.45) is 1.58. The fourth-order valence-electron chi connectivity index (χ4n) is 2.90. The quantitative estimate of drug-likeness (QED) is 0.584. The summed E-state index contributed by atoms with van der Waals surface area (Å²) in [5, 5.41) is 17.4. The highest BCUT2D eigenvalue weighted by Crippen LogP contribution is 2.45. The van der Waals surface area contributed by atoms with Gasteiger partial charge in [-0.25, -0.2) is 8.78 Å². The van der Waals surface area contributed by atoms with Crippen LogP contribution in [0.15, 0.2) is 23.2 Å². The van der Waals surface area contributed by atoms with E-state index in [4.69, 9.17) is 34.8 Å². The van der Waals surface area contributed by atoms with Crippen LogP contribution in [-0.2, 0) is 6.54 Å². The molecule has 0 spiro atoms. The predicted octanol–water partition coefficient (Wildman–Crippen LogP) is 4.99. The van der Waals surface area contributed by atoms with E-state index >= 15 is 0 Å². The molecule has 2 heterocycles. The first-order valence-corrected chi connectivity index (χ1v) is 8.81. The number of phenolic OH excluding ortho intramolecular Hbond substituents is 1. The van der Waals surface area contributed by atoms with Crippen molar-refractivity contribution in [3.8, 4) is 28.3 Å². The van der Waals surface area contributed by atoms with Crippen molar-refractivity contribution in [1.29, 1.82) is 0 Å². The number of hydrogen-bond acceptors (Lipinski definition) is 4. The van der Waals surface area contributed by atoms with Gasteiger partial charge in [0.1, 0.15) is 11.6 Å². The average molecular weight is 430 g/mol. The number of hydrogen-bond donors (Lipinski definition) is 1. The summed E-state index contributed by atoms with van der Waals surface area (Å²) in [6.45, 7) is 1.08. The van der Waals surface area contributed by atoms with Gasteiger partial charge >= 0.3 is 0 Å². The number of benzene rings is 2. The Morgan fingerprint density at radius 3 is 2.48 bits per heavy atom. The molecule has 0 bridgehead atoms. The molecular formula is C17H9Cl3F2N4O. The number of phenols is 1. The summed E-state index contributed by atoms with van der Waals surface area (Å²) in [7, 11) is 0. The van der Waals surface area contributed by atoms with Crippen LogP contribution in [-0.4, -0.2) is 32.6 Å². The third-order valence-electron chi connectivity index (χ3n) is 4.13. The highest BCUT2D eigenvalue weighted by Gasteiger charge is 2.25. The largest absolute Gasteiger partial charge is 0.506 e. The van der Waals surface area contributed by atoms with Crippen LogP contribution in [0.5, 0.6) is 5.75 Å². The van der Waals surface area contributed by atoms with Gasteiger partial charge in [0.15, 0.2) is 17.5 Å². The van der Waals surface area contributed by atoms with Gasteiger partial charge in [-0.2, -0.15) is 0 Å². The van der Waals surface area contributed by atoms with Crippen molar-refractivity contribution in [1.82, 2.24) is 14.8 Å². The Morgan fingerprint density at radius 1 is 0.963 bits per heavy atom. The van der Waals surface area contributed by atoms with Crippen molar-refractivity contribution >= 4 is 41.0 Å². The fourth-order valence-corrected chi connectivity index (χ4v) is 3.67. The van der Waals surface area contributed by atoms with Gasteiger partial charge in [-0.3, -0.25) is 4.99 Å². The third kappa shape index (κ3) is 2.96. The molecule has 5 nitrogen and oxygen atoms in total. The number of halogens is 5. The minimum atomic E-state index is -1.02. The zero-order valence-corrected chi connectivity index (χ0v) is 15.6. The van der Waals surface area contributed by atoms with E-state index in [0.29, 0.717) is 30.3 Å². The Kier molecular flexibility index (Phi) is 4.53. The molecule has 0 unspecified atom stereocenters. The Morgan fingerprint density at radius 2 is 1.74 bits per heavy atom. The van der Waals surface area contributed by atoms with Crippen molar-refractivity contribution in [2.75, 3.05) is 6.54 Å². The molecule has 1 N–H and O–H groups in total. The summed E-state index contributed by atoms with van der Waals surface area (Å²) in [5.74, 6) is -1.60. The van der Waals surface area contributed by atoms with Crippen LogP contribution in [0.3, 0.4) is 0 Å². The lowest BCUT2D eigenvalue weighted by atomic mass is 10.0. The van der Waals surface area contributed by atoms with Crippen LogP contribution in [0.25, 0.3) is 22.5 Å². The van der Waals surface area contributed by atoms with Gasteiger partial charge in [0, 0.05) is 17.7 Å². The first kappa shape index (κ1) is 18.2. The Balaban J connectivity index is 1.91. The molecule has 4 rings (SSSR count). The summed E-state index contributed by atoms with van der Waals surface area (Å²) in [4.78, 5) is 4.11. The topological polar surface area (TPSA) is 63.3 Å². The maximum absolute atomic E-state index is 14.9. The molecule has 1 aliphatic heterocycles. The number of nitrogens with zero attached hydrogens (tertiary/aromatic N) is 4. The van der Waals surface area contributed by atoms with Gasteiger partial charge in [-0.05, 0) is 18.2 Å². The lowest BCUT2D eigenvalue weighted by Gasteiger charge is -2.14. The summed E-state index contributed by atoms with van der Waals surface area (Å²) >= 11 is 17.8. The van der Waals surface area contributed by atoms with Crippen molar-refractivity contribution in [3.63, 3.8) is 0 Å². The van der Waals surface area contributed by atoms with E-state index in [1.165, 1.54) is 6.07 Å². The van der Waals surface area contributed by atoms with Crippen molar-refractivity contribution in [2.24, 2.45) is 4.99 Å². The molecule has 0 radical (unpaired) electrons. The Labute approximate surface area is 166 Å². The van der Waals surface area contributed by atoms with Gasteiger partial charge in [-0.1, -0.05) is 34.8 Å². The maximum Gasteiger partial charge on any atom is 0.175 e. The molecule has 0 amide bonds. The van der Waals surface area contributed by atoms with Crippen LogP contribution in [0.1, 0.15) is 5.82 Å². The molecule has 0 aliphatic carbocycles. The third-order valence-corrected chi connectivity index (χ3v) is 5.00.